The van der Waals surface area contributed by atoms with Crippen molar-refractivity contribution < 1.29 is 9.18 Å². The molecule has 3 rings (SSSR count). The third-order valence-corrected chi connectivity index (χ3v) is 5.38. The number of nitrogens with one attached hydrogen (secondary N) is 1. The Morgan fingerprint density at radius 2 is 1.96 bits per heavy atom. The molecule has 2 aliphatic rings. The van der Waals surface area contributed by atoms with E-state index in [1.165, 1.54) is 6.07 Å². The summed E-state index contributed by atoms with van der Waals surface area (Å²) in [5.41, 5.74) is 0.903. The summed E-state index contributed by atoms with van der Waals surface area (Å²) in [6, 6.07) is 5.11. The molecule has 0 aromatic heterocycles. The van der Waals surface area contributed by atoms with E-state index in [4.69, 9.17) is 11.6 Å². The highest BCUT2D eigenvalue weighted by molar-refractivity contribution is 6.31. The molecule has 0 bridgehead atoms. The highest BCUT2D eigenvalue weighted by Gasteiger charge is 2.31. The van der Waals surface area contributed by atoms with Crippen molar-refractivity contribution in [3.8, 4) is 0 Å². The summed E-state index contributed by atoms with van der Waals surface area (Å²) < 4.78 is 13.3. The molecule has 1 aromatic carbocycles. The Labute approximate surface area is 153 Å². The van der Waals surface area contributed by atoms with Gasteiger partial charge in [0.2, 0.25) is 5.91 Å². The maximum atomic E-state index is 13.3. The van der Waals surface area contributed by atoms with Crippen LogP contribution >= 0.6 is 11.6 Å². The molecule has 0 radical (unpaired) electrons. The minimum Gasteiger partial charge on any atom is -0.368 e. The molecule has 7 heteroatoms. The quantitative estimate of drug-likeness (QED) is 0.883. The van der Waals surface area contributed by atoms with E-state index in [9.17, 15) is 9.18 Å². The molecule has 0 spiro atoms. The lowest BCUT2D eigenvalue weighted by atomic mass is 10.1. The Balaban J connectivity index is 1.56. The van der Waals surface area contributed by atoms with Gasteiger partial charge in [0.25, 0.3) is 0 Å². The van der Waals surface area contributed by atoms with Crippen LogP contribution in [0.25, 0.3) is 0 Å². The van der Waals surface area contributed by atoms with Crippen molar-refractivity contribution in [2.24, 2.45) is 0 Å². The Hall–Kier alpha value is -1.37. The lowest BCUT2D eigenvalue weighted by Crippen LogP contribution is -2.61. The largest absolute Gasteiger partial charge is 0.368 e. The first-order valence-electron chi connectivity index (χ1n) is 8.92. The summed E-state index contributed by atoms with van der Waals surface area (Å²) in [6.07, 6.45) is 0. The molecule has 0 aliphatic carbocycles. The molecule has 1 aromatic rings. The van der Waals surface area contributed by atoms with Crippen LogP contribution in [-0.2, 0) is 4.79 Å². The van der Waals surface area contributed by atoms with Crippen molar-refractivity contribution in [3.63, 3.8) is 0 Å². The molecule has 1 atom stereocenters. The lowest BCUT2D eigenvalue weighted by molar-refractivity contribution is -0.135. The second kappa shape index (κ2) is 7.89. The van der Waals surface area contributed by atoms with Gasteiger partial charge < -0.3 is 15.1 Å². The zero-order valence-corrected chi connectivity index (χ0v) is 15.6. The maximum Gasteiger partial charge on any atom is 0.241 e. The van der Waals surface area contributed by atoms with Gasteiger partial charge in [-0.2, -0.15) is 0 Å². The third-order valence-electron chi connectivity index (χ3n) is 5.09. The average molecular weight is 369 g/mol. The molecule has 25 heavy (non-hydrogen) atoms. The van der Waals surface area contributed by atoms with Crippen LogP contribution in [0.3, 0.4) is 0 Å². The fourth-order valence-corrected chi connectivity index (χ4v) is 3.67. The molecule has 0 unspecified atom stereocenters. The number of halogens is 2. The first-order chi connectivity index (χ1) is 12.0. The van der Waals surface area contributed by atoms with Crippen LogP contribution in [-0.4, -0.2) is 73.6 Å². The van der Waals surface area contributed by atoms with E-state index >= 15 is 0 Å². The minimum atomic E-state index is -0.405. The van der Waals surface area contributed by atoms with Gasteiger partial charge in [-0.3, -0.25) is 9.69 Å². The van der Waals surface area contributed by atoms with Gasteiger partial charge in [0.05, 0.1) is 11.1 Å². The van der Waals surface area contributed by atoms with E-state index < -0.39 is 5.82 Å². The topological polar surface area (TPSA) is 38.8 Å². The molecule has 1 N–H and O–H groups in total. The molecular formula is C18H26ClFN4O. The van der Waals surface area contributed by atoms with E-state index in [1.54, 1.807) is 12.1 Å². The van der Waals surface area contributed by atoms with Gasteiger partial charge in [0.15, 0.2) is 0 Å². The highest BCUT2D eigenvalue weighted by atomic mass is 35.5. The molecule has 138 valence electrons. The molecule has 2 saturated heterocycles. The second-order valence-corrected chi connectivity index (χ2v) is 7.41. The predicted molar refractivity (Wildman–Crippen MR) is 98.7 cm³/mol. The van der Waals surface area contributed by atoms with Crippen LogP contribution in [0.15, 0.2) is 18.2 Å². The number of anilines is 1. The lowest BCUT2D eigenvalue weighted by Gasteiger charge is -2.41. The van der Waals surface area contributed by atoms with E-state index in [0.29, 0.717) is 19.1 Å². The summed E-state index contributed by atoms with van der Waals surface area (Å²) >= 11 is 5.87. The third kappa shape index (κ3) is 4.25. The van der Waals surface area contributed by atoms with E-state index in [2.05, 4.69) is 29.0 Å². The number of carbonyl (C=O) groups is 1. The number of hydrogen-bond acceptors (Lipinski definition) is 4. The summed E-state index contributed by atoms with van der Waals surface area (Å²) in [6.45, 7) is 9.75. The summed E-state index contributed by atoms with van der Waals surface area (Å²) in [5, 5.41) is 3.49. The zero-order valence-electron chi connectivity index (χ0n) is 14.8. The molecule has 2 fully saturated rings. The van der Waals surface area contributed by atoms with Gasteiger partial charge in [0, 0.05) is 57.5 Å². The number of nitrogens with zero attached hydrogens (tertiary/aromatic N) is 3. The predicted octanol–water partition coefficient (Wildman–Crippen LogP) is 1.81. The van der Waals surface area contributed by atoms with Crippen molar-refractivity contribution in [1.82, 2.24) is 15.1 Å². The monoisotopic (exact) mass is 368 g/mol. The zero-order chi connectivity index (χ0) is 18.0. The number of carbonyl (C=O) groups excluding carboxylic acids is 1. The number of hydrogen-bond donors (Lipinski definition) is 1. The first kappa shape index (κ1) is 18.4. The molecule has 5 nitrogen and oxygen atoms in total. The minimum absolute atomic E-state index is 0.122. The van der Waals surface area contributed by atoms with Crippen LogP contribution in [0.2, 0.25) is 5.02 Å². The normalized spacial score (nSPS) is 22.5. The van der Waals surface area contributed by atoms with Gasteiger partial charge in [0.1, 0.15) is 5.82 Å². The van der Waals surface area contributed by atoms with Crippen LogP contribution in [0, 0.1) is 5.82 Å². The van der Waals surface area contributed by atoms with Crippen LogP contribution in [0.1, 0.15) is 13.8 Å². The van der Waals surface area contributed by atoms with Gasteiger partial charge >= 0.3 is 0 Å². The van der Waals surface area contributed by atoms with Gasteiger partial charge in [-0.05, 0) is 32.0 Å². The van der Waals surface area contributed by atoms with Crippen molar-refractivity contribution in [1.29, 1.82) is 0 Å². The Bertz CT molecular complexity index is 619. The van der Waals surface area contributed by atoms with E-state index in [0.717, 1.165) is 38.4 Å². The van der Waals surface area contributed by atoms with Gasteiger partial charge in [-0.1, -0.05) is 11.6 Å². The van der Waals surface area contributed by atoms with Crippen LogP contribution in [0.5, 0.6) is 0 Å². The van der Waals surface area contributed by atoms with Crippen LogP contribution in [0.4, 0.5) is 10.1 Å². The summed E-state index contributed by atoms with van der Waals surface area (Å²) in [5.74, 6) is -0.223. The Morgan fingerprint density at radius 3 is 2.60 bits per heavy atom. The highest BCUT2D eigenvalue weighted by Crippen LogP contribution is 2.23. The number of benzene rings is 1. The maximum absolute atomic E-state index is 13.3. The van der Waals surface area contributed by atoms with E-state index in [1.807, 2.05) is 4.90 Å². The Kier molecular flexibility index (Phi) is 5.81. The Morgan fingerprint density at radius 1 is 1.24 bits per heavy atom. The summed E-state index contributed by atoms with van der Waals surface area (Å²) in [7, 11) is 0. The SMILES string of the molecule is CC(C)N1CCN[C@@H](C(=O)N2CCN(c3ccc(F)c(Cl)c3)CC2)C1. The van der Waals surface area contributed by atoms with Gasteiger partial charge in [-0.25, -0.2) is 4.39 Å². The first-order valence-corrected chi connectivity index (χ1v) is 9.29. The number of amides is 1. The average Bonchev–Trinajstić information content (AvgIpc) is 2.63. The van der Waals surface area contributed by atoms with Crippen molar-refractivity contribution in [2.75, 3.05) is 50.7 Å². The smallest absolute Gasteiger partial charge is 0.241 e. The molecule has 1 amide bonds. The van der Waals surface area contributed by atoms with Gasteiger partial charge in [-0.15, -0.1) is 0 Å². The van der Waals surface area contributed by atoms with Crippen molar-refractivity contribution in [3.05, 3.63) is 29.0 Å². The fourth-order valence-electron chi connectivity index (χ4n) is 3.49. The number of piperazine rings is 2. The van der Waals surface area contributed by atoms with Crippen molar-refractivity contribution in [2.45, 2.75) is 25.9 Å². The van der Waals surface area contributed by atoms with Crippen molar-refractivity contribution >= 4 is 23.2 Å². The number of rotatable bonds is 3. The summed E-state index contributed by atoms with van der Waals surface area (Å²) in [4.78, 5) is 19.2. The molecule has 2 heterocycles. The standard InChI is InChI=1S/C18H26ClFN4O/c1-13(2)24-6-5-21-17(12-24)18(25)23-9-7-22(8-10-23)14-3-4-16(20)15(19)11-14/h3-4,11,13,17,21H,5-10,12H2,1-2H3/t17-/m1/s1. The molecule has 0 saturated carbocycles. The van der Waals surface area contributed by atoms with Crippen LogP contribution < -0.4 is 10.2 Å². The van der Waals surface area contributed by atoms with E-state index in [-0.39, 0.29) is 17.0 Å². The second-order valence-electron chi connectivity index (χ2n) is 7.01. The fraction of sp³-hybridized carbons (Fsp3) is 0.611. The molecular weight excluding hydrogens is 343 g/mol. The molecule has 2 aliphatic heterocycles.